The van der Waals surface area contributed by atoms with Crippen LogP contribution in [0.1, 0.15) is 16.8 Å². The molecule has 0 saturated carbocycles. The van der Waals surface area contributed by atoms with Gasteiger partial charge in [0.25, 0.3) is 0 Å². The number of nitrogens with zero attached hydrogens (tertiary/aromatic N) is 2. The number of carbonyl (C=O) groups is 1. The highest BCUT2D eigenvalue weighted by Crippen LogP contribution is 2.31. The lowest BCUT2D eigenvalue weighted by Crippen LogP contribution is -2.20. The highest BCUT2D eigenvalue weighted by molar-refractivity contribution is 7.98. The monoisotopic (exact) mass is 419 g/mol. The van der Waals surface area contributed by atoms with Gasteiger partial charge in [-0.1, -0.05) is 54.2 Å². The maximum absolute atomic E-state index is 12.8. The SMILES string of the molecule is O=C(O)NCc1cc(-c2ccc(C(F)(F)F)cc2)nc(SCc2ccccc2)n1. The number of carboxylic acid groups (broad SMARTS) is 1. The van der Waals surface area contributed by atoms with Crippen molar-refractivity contribution in [3.05, 3.63) is 77.5 Å². The summed E-state index contributed by atoms with van der Waals surface area (Å²) in [5.74, 6) is 0.600. The van der Waals surface area contributed by atoms with E-state index in [4.69, 9.17) is 5.11 Å². The van der Waals surface area contributed by atoms with Gasteiger partial charge in [0, 0.05) is 11.3 Å². The van der Waals surface area contributed by atoms with Crippen LogP contribution in [0.2, 0.25) is 0 Å². The van der Waals surface area contributed by atoms with Crippen molar-refractivity contribution in [2.45, 2.75) is 23.6 Å². The quantitative estimate of drug-likeness (QED) is 0.423. The minimum Gasteiger partial charge on any atom is -0.465 e. The Morgan fingerprint density at radius 3 is 2.34 bits per heavy atom. The molecule has 2 aromatic carbocycles. The average Bonchev–Trinajstić information content (AvgIpc) is 2.71. The van der Waals surface area contributed by atoms with Gasteiger partial charge in [0.1, 0.15) is 0 Å². The topological polar surface area (TPSA) is 75.1 Å². The molecule has 5 nitrogen and oxygen atoms in total. The second-order valence-electron chi connectivity index (χ2n) is 6.04. The molecule has 0 aliphatic heterocycles. The zero-order chi connectivity index (χ0) is 20.9. The van der Waals surface area contributed by atoms with Crippen LogP contribution in [0, 0.1) is 0 Å². The van der Waals surface area contributed by atoms with E-state index >= 15 is 0 Å². The molecule has 0 aliphatic rings. The minimum absolute atomic E-state index is 0.0373. The van der Waals surface area contributed by atoms with Crippen LogP contribution in [-0.2, 0) is 18.5 Å². The Hall–Kier alpha value is -3.07. The average molecular weight is 419 g/mol. The van der Waals surface area contributed by atoms with E-state index in [2.05, 4.69) is 15.3 Å². The van der Waals surface area contributed by atoms with Crippen LogP contribution in [0.5, 0.6) is 0 Å². The first kappa shape index (κ1) is 20.7. The zero-order valence-electron chi connectivity index (χ0n) is 15.0. The zero-order valence-corrected chi connectivity index (χ0v) is 15.8. The molecule has 150 valence electrons. The molecule has 1 amide bonds. The van der Waals surface area contributed by atoms with E-state index in [0.717, 1.165) is 17.7 Å². The smallest absolute Gasteiger partial charge is 0.416 e. The molecule has 3 rings (SSSR count). The summed E-state index contributed by atoms with van der Waals surface area (Å²) in [7, 11) is 0. The van der Waals surface area contributed by atoms with Gasteiger partial charge in [-0.3, -0.25) is 0 Å². The Morgan fingerprint density at radius 2 is 1.72 bits per heavy atom. The number of halogens is 3. The molecular formula is C20H16F3N3O2S. The van der Waals surface area contributed by atoms with Crippen molar-refractivity contribution in [3.63, 3.8) is 0 Å². The third kappa shape index (κ3) is 5.95. The Morgan fingerprint density at radius 1 is 1.03 bits per heavy atom. The largest absolute Gasteiger partial charge is 0.465 e. The summed E-state index contributed by atoms with van der Waals surface area (Å²) in [5, 5.41) is 11.5. The lowest BCUT2D eigenvalue weighted by atomic mass is 10.1. The van der Waals surface area contributed by atoms with E-state index in [1.165, 1.54) is 23.9 Å². The molecular weight excluding hydrogens is 403 g/mol. The van der Waals surface area contributed by atoms with Crippen LogP contribution in [0.3, 0.4) is 0 Å². The van der Waals surface area contributed by atoms with Crippen molar-refractivity contribution in [3.8, 4) is 11.3 Å². The summed E-state index contributed by atoms with van der Waals surface area (Å²) in [4.78, 5) is 19.6. The van der Waals surface area contributed by atoms with Gasteiger partial charge in [0.05, 0.1) is 23.5 Å². The predicted molar refractivity (Wildman–Crippen MR) is 103 cm³/mol. The molecule has 0 aliphatic carbocycles. The summed E-state index contributed by atoms with van der Waals surface area (Å²) in [6.07, 6.45) is -5.62. The molecule has 2 N–H and O–H groups in total. The highest BCUT2D eigenvalue weighted by Gasteiger charge is 2.30. The van der Waals surface area contributed by atoms with E-state index in [-0.39, 0.29) is 6.54 Å². The summed E-state index contributed by atoms with van der Waals surface area (Å²) in [5.41, 5.74) is 1.64. The van der Waals surface area contributed by atoms with Crippen molar-refractivity contribution in [1.29, 1.82) is 0 Å². The fourth-order valence-electron chi connectivity index (χ4n) is 2.49. The first-order valence-electron chi connectivity index (χ1n) is 8.50. The van der Waals surface area contributed by atoms with Crippen LogP contribution in [0.4, 0.5) is 18.0 Å². The summed E-state index contributed by atoms with van der Waals surface area (Å²) in [6.45, 7) is -0.0373. The lowest BCUT2D eigenvalue weighted by molar-refractivity contribution is -0.137. The van der Waals surface area contributed by atoms with Gasteiger partial charge in [-0.2, -0.15) is 13.2 Å². The molecule has 3 aromatic rings. The van der Waals surface area contributed by atoms with Gasteiger partial charge < -0.3 is 10.4 Å². The summed E-state index contributed by atoms with van der Waals surface area (Å²) < 4.78 is 38.4. The third-order valence-electron chi connectivity index (χ3n) is 3.90. The van der Waals surface area contributed by atoms with E-state index < -0.39 is 17.8 Å². The van der Waals surface area contributed by atoms with Crippen molar-refractivity contribution >= 4 is 17.9 Å². The molecule has 0 fully saturated rings. The summed E-state index contributed by atoms with van der Waals surface area (Å²) >= 11 is 1.36. The van der Waals surface area contributed by atoms with Crippen LogP contribution in [-0.4, -0.2) is 21.2 Å². The van der Waals surface area contributed by atoms with E-state index in [1.807, 2.05) is 30.3 Å². The van der Waals surface area contributed by atoms with Crippen molar-refractivity contribution < 1.29 is 23.1 Å². The van der Waals surface area contributed by atoms with Crippen LogP contribution in [0.15, 0.2) is 65.8 Å². The third-order valence-corrected chi connectivity index (χ3v) is 4.82. The molecule has 0 saturated heterocycles. The second kappa shape index (κ2) is 8.95. The number of aromatic nitrogens is 2. The molecule has 0 atom stereocenters. The van der Waals surface area contributed by atoms with Gasteiger partial charge in [0.2, 0.25) is 0 Å². The molecule has 0 bridgehead atoms. The van der Waals surface area contributed by atoms with Crippen LogP contribution in [0.25, 0.3) is 11.3 Å². The van der Waals surface area contributed by atoms with Crippen molar-refractivity contribution in [2.24, 2.45) is 0 Å². The first-order valence-corrected chi connectivity index (χ1v) is 9.49. The van der Waals surface area contributed by atoms with Gasteiger partial charge in [0.15, 0.2) is 5.16 Å². The molecule has 29 heavy (non-hydrogen) atoms. The van der Waals surface area contributed by atoms with Crippen molar-refractivity contribution in [1.82, 2.24) is 15.3 Å². The Labute approximate surface area is 169 Å². The Bertz CT molecular complexity index is 981. The molecule has 0 radical (unpaired) electrons. The molecule has 9 heteroatoms. The fourth-order valence-corrected chi connectivity index (χ4v) is 3.33. The fraction of sp³-hybridized carbons (Fsp3) is 0.150. The van der Waals surface area contributed by atoms with Gasteiger partial charge in [-0.15, -0.1) is 0 Å². The maximum Gasteiger partial charge on any atom is 0.416 e. The van der Waals surface area contributed by atoms with Crippen LogP contribution < -0.4 is 5.32 Å². The summed E-state index contributed by atoms with van der Waals surface area (Å²) in [6, 6.07) is 15.9. The van der Waals surface area contributed by atoms with E-state index in [1.54, 1.807) is 6.07 Å². The normalized spacial score (nSPS) is 11.3. The van der Waals surface area contributed by atoms with Crippen LogP contribution >= 0.6 is 11.8 Å². The Kier molecular flexibility index (Phi) is 6.38. The molecule has 0 spiro atoms. The predicted octanol–water partition coefficient (Wildman–Crippen LogP) is 5.22. The number of thioether (sulfide) groups is 1. The number of rotatable bonds is 6. The number of hydrogen-bond donors (Lipinski definition) is 2. The standard InChI is InChI=1S/C20H16F3N3O2S/c21-20(22,23)15-8-6-14(7-9-15)17-10-16(11-24-19(27)28)25-18(26-17)29-12-13-4-2-1-3-5-13/h1-10,24H,11-12H2,(H,27,28). The van der Waals surface area contributed by atoms with E-state index in [0.29, 0.717) is 27.9 Å². The number of hydrogen-bond acceptors (Lipinski definition) is 4. The maximum atomic E-state index is 12.8. The molecule has 1 aromatic heterocycles. The van der Waals surface area contributed by atoms with Gasteiger partial charge >= 0.3 is 12.3 Å². The molecule has 0 unspecified atom stereocenters. The first-order chi connectivity index (χ1) is 13.8. The lowest BCUT2D eigenvalue weighted by Gasteiger charge is -2.10. The number of amides is 1. The molecule has 1 heterocycles. The second-order valence-corrected chi connectivity index (χ2v) is 6.98. The van der Waals surface area contributed by atoms with Crippen molar-refractivity contribution in [2.75, 3.05) is 0 Å². The number of nitrogens with one attached hydrogen (secondary N) is 1. The van der Waals surface area contributed by atoms with Gasteiger partial charge in [-0.05, 0) is 23.8 Å². The highest BCUT2D eigenvalue weighted by atomic mass is 32.2. The number of benzene rings is 2. The number of alkyl halides is 3. The minimum atomic E-state index is -4.42. The Balaban J connectivity index is 1.88. The van der Waals surface area contributed by atoms with Gasteiger partial charge in [-0.25, -0.2) is 14.8 Å². The van der Waals surface area contributed by atoms with E-state index in [9.17, 15) is 18.0 Å².